The molecule has 0 bridgehead atoms. The molecule has 0 radical (unpaired) electrons. The lowest BCUT2D eigenvalue weighted by Crippen LogP contribution is -2.38. The average Bonchev–Trinajstić information content (AvgIpc) is 2.45. The Labute approximate surface area is 122 Å². The molecule has 0 fully saturated rings. The highest BCUT2D eigenvalue weighted by molar-refractivity contribution is 5.92. The Hall–Kier alpha value is -2.57. The van der Waals surface area contributed by atoms with Crippen LogP contribution in [0.15, 0.2) is 18.2 Å². The fraction of sp³-hybridized carbons (Fsp3) is 0.357. The highest BCUT2D eigenvalue weighted by Crippen LogP contribution is 2.13. The van der Waals surface area contributed by atoms with Gasteiger partial charge in [0.2, 0.25) is 5.91 Å². The molecule has 2 amide bonds. The van der Waals surface area contributed by atoms with Crippen LogP contribution in [0.5, 0.6) is 0 Å². The summed E-state index contributed by atoms with van der Waals surface area (Å²) in [5.74, 6) is -1.49. The molecule has 7 nitrogen and oxygen atoms in total. The minimum absolute atomic E-state index is 0.151. The van der Waals surface area contributed by atoms with E-state index in [2.05, 4.69) is 10.6 Å². The zero-order valence-corrected chi connectivity index (χ0v) is 12.1. The van der Waals surface area contributed by atoms with Crippen molar-refractivity contribution in [2.24, 2.45) is 0 Å². The fourth-order valence-electron chi connectivity index (χ4n) is 1.47. The van der Waals surface area contributed by atoms with Crippen LogP contribution >= 0.6 is 0 Å². The summed E-state index contributed by atoms with van der Waals surface area (Å²) < 4.78 is 4.84. The SMILES string of the molecule is CCNC(=O)CNC(=O)COC(=O)c1ccc(C)c(N)c1. The van der Waals surface area contributed by atoms with Gasteiger partial charge in [0.15, 0.2) is 6.61 Å². The number of carbonyl (C=O) groups excluding carboxylic acids is 3. The number of rotatable bonds is 6. The first-order valence-electron chi connectivity index (χ1n) is 6.50. The molecule has 0 aromatic heterocycles. The van der Waals surface area contributed by atoms with E-state index in [1.54, 1.807) is 19.1 Å². The second-order valence-corrected chi connectivity index (χ2v) is 4.38. The Kier molecular flexibility index (Phi) is 6.19. The Bertz CT molecular complexity index is 543. The highest BCUT2D eigenvalue weighted by Gasteiger charge is 2.11. The van der Waals surface area contributed by atoms with Crippen LogP contribution in [0, 0.1) is 6.92 Å². The van der Waals surface area contributed by atoms with Crippen LogP contribution in [0.4, 0.5) is 5.69 Å². The van der Waals surface area contributed by atoms with Gasteiger partial charge in [0.1, 0.15) is 0 Å². The van der Waals surface area contributed by atoms with E-state index in [1.165, 1.54) is 6.07 Å². The first kappa shape index (κ1) is 16.5. The first-order chi connectivity index (χ1) is 9.93. The van der Waals surface area contributed by atoms with Crippen molar-refractivity contribution in [3.05, 3.63) is 29.3 Å². The molecule has 0 spiro atoms. The Balaban J connectivity index is 2.40. The highest BCUT2D eigenvalue weighted by atomic mass is 16.5. The molecule has 1 rings (SSSR count). The molecule has 0 atom stereocenters. The number of nitrogens with two attached hydrogens (primary N) is 1. The van der Waals surface area contributed by atoms with E-state index in [-0.39, 0.29) is 18.0 Å². The summed E-state index contributed by atoms with van der Waals surface area (Å²) >= 11 is 0. The number of likely N-dealkylation sites (N-methyl/N-ethyl adjacent to an activating group) is 1. The Morgan fingerprint density at radius 3 is 2.52 bits per heavy atom. The van der Waals surface area contributed by atoms with Gasteiger partial charge in [0, 0.05) is 12.2 Å². The largest absolute Gasteiger partial charge is 0.452 e. The van der Waals surface area contributed by atoms with Crippen molar-refractivity contribution in [2.75, 3.05) is 25.4 Å². The molecule has 0 aliphatic heterocycles. The predicted molar refractivity (Wildman–Crippen MR) is 77.6 cm³/mol. The number of amides is 2. The third kappa shape index (κ3) is 5.52. The molecule has 1 aromatic carbocycles. The molecule has 0 aliphatic rings. The summed E-state index contributed by atoms with van der Waals surface area (Å²) in [7, 11) is 0. The molecule has 21 heavy (non-hydrogen) atoms. The first-order valence-corrected chi connectivity index (χ1v) is 6.50. The maximum Gasteiger partial charge on any atom is 0.338 e. The topological polar surface area (TPSA) is 111 Å². The number of benzene rings is 1. The minimum Gasteiger partial charge on any atom is -0.452 e. The zero-order valence-electron chi connectivity index (χ0n) is 12.1. The van der Waals surface area contributed by atoms with Crippen molar-refractivity contribution < 1.29 is 19.1 Å². The van der Waals surface area contributed by atoms with Gasteiger partial charge >= 0.3 is 5.97 Å². The van der Waals surface area contributed by atoms with Gasteiger partial charge in [0.05, 0.1) is 12.1 Å². The second kappa shape index (κ2) is 7.88. The van der Waals surface area contributed by atoms with Crippen LogP contribution in [0.25, 0.3) is 0 Å². The molecule has 0 saturated heterocycles. The van der Waals surface area contributed by atoms with E-state index in [9.17, 15) is 14.4 Å². The number of hydrogen-bond donors (Lipinski definition) is 3. The lowest BCUT2D eigenvalue weighted by Gasteiger charge is -2.07. The summed E-state index contributed by atoms with van der Waals surface area (Å²) in [5, 5.41) is 4.87. The Morgan fingerprint density at radius 1 is 1.19 bits per heavy atom. The van der Waals surface area contributed by atoms with Gasteiger partial charge in [-0.25, -0.2) is 4.79 Å². The van der Waals surface area contributed by atoms with Crippen LogP contribution < -0.4 is 16.4 Å². The van der Waals surface area contributed by atoms with Gasteiger partial charge in [-0.05, 0) is 31.5 Å². The molecule has 114 valence electrons. The van der Waals surface area contributed by atoms with Crippen molar-refractivity contribution in [3.8, 4) is 0 Å². The summed E-state index contributed by atoms with van der Waals surface area (Å²) in [6.45, 7) is 3.47. The van der Waals surface area contributed by atoms with E-state index in [4.69, 9.17) is 10.5 Å². The summed E-state index contributed by atoms with van der Waals surface area (Å²) in [6, 6.07) is 4.76. The summed E-state index contributed by atoms with van der Waals surface area (Å²) in [5.41, 5.74) is 7.30. The van der Waals surface area contributed by atoms with Crippen LogP contribution in [0.1, 0.15) is 22.8 Å². The molecule has 4 N–H and O–H groups in total. The van der Waals surface area contributed by atoms with Gasteiger partial charge in [-0.15, -0.1) is 0 Å². The van der Waals surface area contributed by atoms with E-state index >= 15 is 0 Å². The minimum atomic E-state index is -0.644. The van der Waals surface area contributed by atoms with E-state index in [0.29, 0.717) is 12.2 Å². The predicted octanol–water partition coefficient (Wildman–Crippen LogP) is -0.0137. The normalized spacial score (nSPS) is 9.81. The number of nitrogens with one attached hydrogen (secondary N) is 2. The molecule has 0 saturated carbocycles. The second-order valence-electron chi connectivity index (χ2n) is 4.38. The van der Waals surface area contributed by atoms with Gasteiger partial charge in [-0.1, -0.05) is 6.07 Å². The number of esters is 1. The number of nitrogen functional groups attached to an aromatic ring is 1. The average molecular weight is 293 g/mol. The van der Waals surface area contributed by atoms with Gasteiger partial charge < -0.3 is 21.1 Å². The lowest BCUT2D eigenvalue weighted by atomic mass is 10.1. The Morgan fingerprint density at radius 2 is 1.90 bits per heavy atom. The van der Waals surface area contributed by atoms with Crippen molar-refractivity contribution in [3.63, 3.8) is 0 Å². The number of hydrogen-bond acceptors (Lipinski definition) is 5. The van der Waals surface area contributed by atoms with Gasteiger partial charge in [-0.2, -0.15) is 0 Å². The molecular weight excluding hydrogens is 274 g/mol. The number of aryl methyl sites for hydroxylation is 1. The van der Waals surface area contributed by atoms with E-state index in [1.807, 2.05) is 6.92 Å². The van der Waals surface area contributed by atoms with Gasteiger partial charge in [-0.3, -0.25) is 9.59 Å². The molecule has 7 heteroatoms. The quantitative estimate of drug-likeness (QED) is 0.504. The molecule has 1 aromatic rings. The zero-order chi connectivity index (χ0) is 15.8. The number of ether oxygens (including phenoxy) is 1. The lowest BCUT2D eigenvalue weighted by molar-refractivity contribution is -0.127. The summed E-state index contributed by atoms with van der Waals surface area (Å²) in [6.07, 6.45) is 0. The van der Waals surface area contributed by atoms with Crippen molar-refractivity contribution >= 4 is 23.5 Å². The maximum absolute atomic E-state index is 11.7. The molecule has 0 heterocycles. The van der Waals surface area contributed by atoms with Crippen LogP contribution in [-0.4, -0.2) is 37.5 Å². The molecule has 0 aliphatic carbocycles. The monoisotopic (exact) mass is 293 g/mol. The fourth-order valence-corrected chi connectivity index (χ4v) is 1.47. The van der Waals surface area contributed by atoms with Crippen molar-refractivity contribution in [1.29, 1.82) is 0 Å². The van der Waals surface area contributed by atoms with E-state index < -0.39 is 18.5 Å². The van der Waals surface area contributed by atoms with Crippen LogP contribution in [-0.2, 0) is 14.3 Å². The smallest absolute Gasteiger partial charge is 0.338 e. The third-order valence-electron chi connectivity index (χ3n) is 2.67. The standard InChI is InChI=1S/C14H19N3O4/c1-3-16-12(18)7-17-13(19)8-21-14(20)10-5-4-9(2)11(15)6-10/h4-6H,3,7-8,15H2,1-2H3,(H,16,18)(H,17,19). The molecule has 0 unspecified atom stereocenters. The van der Waals surface area contributed by atoms with Crippen molar-refractivity contribution in [2.45, 2.75) is 13.8 Å². The van der Waals surface area contributed by atoms with Crippen molar-refractivity contribution in [1.82, 2.24) is 10.6 Å². The summed E-state index contributed by atoms with van der Waals surface area (Å²) in [4.78, 5) is 34.3. The van der Waals surface area contributed by atoms with Crippen LogP contribution in [0.3, 0.4) is 0 Å². The number of carbonyl (C=O) groups is 3. The molecular formula is C14H19N3O4. The van der Waals surface area contributed by atoms with Crippen LogP contribution in [0.2, 0.25) is 0 Å². The maximum atomic E-state index is 11.7. The third-order valence-corrected chi connectivity index (χ3v) is 2.67. The number of anilines is 1. The van der Waals surface area contributed by atoms with Gasteiger partial charge in [0.25, 0.3) is 5.91 Å². The van der Waals surface area contributed by atoms with E-state index in [0.717, 1.165) is 5.56 Å².